The molecule has 0 aromatic rings. The number of ether oxygens (including phenoxy) is 2. The molecule has 0 aliphatic rings. The Morgan fingerprint density at radius 1 is 1.00 bits per heavy atom. The number of rotatable bonds is 11. The first-order valence-electron chi connectivity index (χ1n) is 5.79. The number of esters is 1. The summed E-state index contributed by atoms with van der Waals surface area (Å²) in [6, 6.07) is 0. The van der Waals surface area contributed by atoms with Gasteiger partial charge in [0.15, 0.2) is 0 Å². The molecule has 0 rings (SSSR count). The maximum Gasteiger partial charge on any atom is 0.379 e. The van der Waals surface area contributed by atoms with E-state index in [1.54, 1.807) is 0 Å². The molecule has 0 aliphatic carbocycles. The minimum Gasteiger partial charge on any atom is -0.461 e. The summed E-state index contributed by atoms with van der Waals surface area (Å²) in [6.07, 6.45) is 2.37. The summed E-state index contributed by atoms with van der Waals surface area (Å²) in [5.41, 5.74) is 0. The number of hydrogen-bond acceptors (Lipinski definition) is 3. The second-order valence-corrected chi connectivity index (χ2v) is 4.44. The molecule has 0 aliphatic heterocycles. The quantitative estimate of drug-likeness (QED) is 0.334. The Morgan fingerprint density at radius 2 is 1.56 bits per heavy atom. The summed E-state index contributed by atoms with van der Waals surface area (Å²) in [5.74, 6) is -4.27. The number of alkyl halides is 4. The zero-order valence-corrected chi connectivity index (χ0v) is 11.6. The Labute approximate surface area is 116 Å². The largest absolute Gasteiger partial charge is 0.461 e. The minimum absolute atomic E-state index is 0.0482. The summed E-state index contributed by atoms with van der Waals surface area (Å²) in [4.78, 5) is 11.0. The van der Waals surface area contributed by atoms with Crippen molar-refractivity contribution in [1.29, 1.82) is 0 Å². The van der Waals surface area contributed by atoms with Crippen molar-refractivity contribution in [2.24, 2.45) is 0 Å². The summed E-state index contributed by atoms with van der Waals surface area (Å²) in [7, 11) is 0. The van der Waals surface area contributed by atoms with Gasteiger partial charge in [0, 0.05) is 18.4 Å². The molecule has 7 heteroatoms. The Hall–Kier alpha value is -0.130. The van der Waals surface area contributed by atoms with Crippen molar-refractivity contribution >= 4 is 29.2 Å². The molecule has 0 saturated heterocycles. The molecule has 0 amide bonds. The third-order valence-electron chi connectivity index (χ3n) is 2.02. The molecule has 0 radical (unpaired) electrons. The molecule has 0 bridgehead atoms. The fourth-order valence-corrected chi connectivity index (χ4v) is 1.40. The lowest BCUT2D eigenvalue weighted by atomic mass is 10.3. The molecule has 0 N–H and O–H groups in total. The summed E-state index contributed by atoms with van der Waals surface area (Å²) in [5, 5.41) is 0. The van der Waals surface area contributed by atoms with Gasteiger partial charge in [-0.05, 0) is 25.7 Å². The van der Waals surface area contributed by atoms with Crippen molar-refractivity contribution in [3.05, 3.63) is 0 Å². The third-order valence-corrected chi connectivity index (χ3v) is 2.55. The van der Waals surface area contributed by atoms with E-state index in [0.29, 0.717) is 37.4 Å². The van der Waals surface area contributed by atoms with E-state index >= 15 is 0 Å². The highest BCUT2D eigenvalue weighted by Crippen LogP contribution is 2.16. The second kappa shape index (κ2) is 10.8. The zero-order chi connectivity index (χ0) is 13.9. The van der Waals surface area contributed by atoms with Crippen LogP contribution in [0.5, 0.6) is 0 Å². The van der Waals surface area contributed by atoms with Crippen LogP contribution >= 0.6 is 23.2 Å². The van der Waals surface area contributed by atoms with Gasteiger partial charge in [0.05, 0.1) is 6.61 Å². The lowest BCUT2D eigenvalue weighted by Gasteiger charge is -2.15. The molecular weight excluding hydrogens is 289 g/mol. The fraction of sp³-hybridized carbons (Fsp3) is 0.909. The minimum atomic E-state index is -3.60. The van der Waals surface area contributed by atoms with E-state index in [2.05, 4.69) is 4.74 Å². The van der Waals surface area contributed by atoms with Crippen molar-refractivity contribution in [2.75, 3.05) is 31.6 Å². The predicted octanol–water partition coefficient (Wildman–Crippen LogP) is 3.22. The molecule has 0 unspecified atom stereocenters. The van der Waals surface area contributed by atoms with Crippen LogP contribution in [-0.4, -0.2) is 43.5 Å². The van der Waals surface area contributed by atoms with Crippen LogP contribution in [0, 0.1) is 0 Å². The van der Waals surface area contributed by atoms with Crippen LogP contribution in [0.15, 0.2) is 0 Å². The maximum atomic E-state index is 13.2. The van der Waals surface area contributed by atoms with Crippen molar-refractivity contribution in [3.8, 4) is 0 Å². The molecule has 3 nitrogen and oxygen atoms in total. The van der Waals surface area contributed by atoms with Crippen LogP contribution in [0.25, 0.3) is 0 Å². The highest BCUT2D eigenvalue weighted by atomic mass is 35.5. The molecule has 0 aromatic carbocycles. The second-order valence-electron chi connectivity index (χ2n) is 3.69. The Morgan fingerprint density at radius 3 is 2.11 bits per heavy atom. The Balaban J connectivity index is 3.71. The van der Waals surface area contributed by atoms with Crippen LogP contribution < -0.4 is 0 Å². The highest BCUT2D eigenvalue weighted by molar-refractivity contribution is 6.18. The van der Waals surface area contributed by atoms with Gasteiger partial charge in [-0.1, -0.05) is 0 Å². The summed E-state index contributed by atoms with van der Waals surface area (Å²) >= 11 is 10.8. The monoisotopic (exact) mass is 306 g/mol. The van der Waals surface area contributed by atoms with E-state index in [4.69, 9.17) is 27.9 Å². The van der Waals surface area contributed by atoms with Gasteiger partial charge in [-0.2, -0.15) is 8.78 Å². The SMILES string of the molecule is O=C(OCCCCCl)C(F)(F)COCCCCCl. The van der Waals surface area contributed by atoms with Gasteiger partial charge >= 0.3 is 11.9 Å². The van der Waals surface area contributed by atoms with Crippen molar-refractivity contribution in [2.45, 2.75) is 31.6 Å². The van der Waals surface area contributed by atoms with Crippen molar-refractivity contribution in [1.82, 2.24) is 0 Å². The molecule has 0 spiro atoms. The van der Waals surface area contributed by atoms with Gasteiger partial charge in [-0.3, -0.25) is 0 Å². The molecule has 0 aromatic heterocycles. The van der Waals surface area contributed by atoms with Gasteiger partial charge in [0.25, 0.3) is 0 Å². The maximum absolute atomic E-state index is 13.2. The topological polar surface area (TPSA) is 35.5 Å². The van der Waals surface area contributed by atoms with E-state index in [9.17, 15) is 13.6 Å². The molecule has 18 heavy (non-hydrogen) atoms. The van der Waals surface area contributed by atoms with Crippen LogP contribution in [-0.2, 0) is 14.3 Å². The smallest absolute Gasteiger partial charge is 0.379 e. The number of carbonyl (C=O) groups excluding carboxylic acids is 1. The van der Waals surface area contributed by atoms with Gasteiger partial charge < -0.3 is 9.47 Å². The third kappa shape index (κ3) is 8.89. The van der Waals surface area contributed by atoms with Crippen molar-refractivity contribution < 1.29 is 23.0 Å². The van der Waals surface area contributed by atoms with E-state index in [1.807, 2.05) is 0 Å². The van der Waals surface area contributed by atoms with Gasteiger partial charge in [0.1, 0.15) is 6.61 Å². The molecular formula is C11H18Cl2F2O3. The molecule has 108 valence electrons. The van der Waals surface area contributed by atoms with E-state index in [1.165, 1.54) is 0 Å². The van der Waals surface area contributed by atoms with E-state index in [0.717, 1.165) is 0 Å². The average Bonchev–Trinajstić information content (AvgIpc) is 2.34. The lowest BCUT2D eigenvalue weighted by molar-refractivity contribution is -0.180. The zero-order valence-electron chi connectivity index (χ0n) is 10.1. The fourth-order valence-electron chi connectivity index (χ4n) is 1.02. The first-order chi connectivity index (χ1) is 8.54. The normalized spacial score (nSPS) is 11.6. The first-order valence-corrected chi connectivity index (χ1v) is 6.86. The van der Waals surface area contributed by atoms with Crippen LogP contribution in [0.3, 0.4) is 0 Å². The van der Waals surface area contributed by atoms with Gasteiger partial charge in [0.2, 0.25) is 0 Å². The standard InChI is InChI=1S/C11H18Cl2F2O3/c12-5-1-3-7-17-9-11(14,15)10(16)18-8-4-2-6-13/h1-9H2. The Bertz CT molecular complexity index is 228. The molecule has 0 saturated carbocycles. The highest BCUT2D eigenvalue weighted by Gasteiger charge is 2.40. The molecule has 0 atom stereocenters. The number of hydrogen-bond donors (Lipinski definition) is 0. The van der Waals surface area contributed by atoms with E-state index < -0.39 is 18.5 Å². The van der Waals surface area contributed by atoms with Gasteiger partial charge in [-0.25, -0.2) is 4.79 Å². The summed E-state index contributed by atoms with van der Waals surface area (Å²) < 4.78 is 35.5. The molecule has 0 fully saturated rings. The number of unbranched alkanes of at least 4 members (excludes halogenated alkanes) is 2. The van der Waals surface area contributed by atoms with Crippen LogP contribution in [0.4, 0.5) is 8.78 Å². The number of carbonyl (C=O) groups is 1. The average molecular weight is 307 g/mol. The lowest BCUT2D eigenvalue weighted by Crippen LogP contribution is -2.36. The van der Waals surface area contributed by atoms with E-state index in [-0.39, 0.29) is 13.2 Å². The van der Waals surface area contributed by atoms with Crippen LogP contribution in [0.2, 0.25) is 0 Å². The van der Waals surface area contributed by atoms with Crippen LogP contribution in [0.1, 0.15) is 25.7 Å². The predicted molar refractivity (Wildman–Crippen MR) is 66.6 cm³/mol. The Kier molecular flexibility index (Phi) is 10.7. The molecule has 0 heterocycles. The first kappa shape index (κ1) is 17.9. The van der Waals surface area contributed by atoms with Gasteiger partial charge in [-0.15, -0.1) is 23.2 Å². The number of halogens is 4. The van der Waals surface area contributed by atoms with Crippen molar-refractivity contribution in [3.63, 3.8) is 0 Å². The summed E-state index contributed by atoms with van der Waals surface area (Å²) in [6.45, 7) is -0.848.